The zero-order valence-electron chi connectivity index (χ0n) is 12.2. The Morgan fingerprint density at radius 2 is 2.00 bits per heavy atom. The average molecular weight is 269 g/mol. The first kappa shape index (κ1) is 13.5. The van der Waals surface area contributed by atoms with Crippen molar-refractivity contribution < 1.29 is 0 Å². The van der Waals surface area contributed by atoms with Crippen LogP contribution in [0.4, 0.5) is 0 Å². The fourth-order valence-electron chi connectivity index (χ4n) is 3.21. The van der Waals surface area contributed by atoms with Gasteiger partial charge in [0.2, 0.25) is 0 Å². The summed E-state index contributed by atoms with van der Waals surface area (Å²) < 4.78 is 0. The molecule has 1 N–H and O–H groups in total. The van der Waals surface area contributed by atoms with E-state index in [9.17, 15) is 0 Å². The number of aromatic nitrogens is 1. The molecule has 0 bridgehead atoms. The molecular formula is C17H23N3. The van der Waals surface area contributed by atoms with Gasteiger partial charge in [0.1, 0.15) is 0 Å². The van der Waals surface area contributed by atoms with E-state index in [2.05, 4.69) is 52.5 Å². The van der Waals surface area contributed by atoms with Gasteiger partial charge in [-0.3, -0.25) is 9.88 Å². The Bertz CT molecular complexity index is 556. The molecule has 3 nitrogen and oxygen atoms in total. The van der Waals surface area contributed by atoms with Crippen LogP contribution in [0.1, 0.15) is 31.4 Å². The lowest BCUT2D eigenvalue weighted by Gasteiger charge is -2.35. The Morgan fingerprint density at radius 3 is 2.80 bits per heavy atom. The summed E-state index contributed by atoms with van der Waals surface area (Å²) >= 11 is 0. The van der Waals surface area contributed by atoms with Crippen molar-refractivity contribution in [1.82, 2.24) is 15.2 Å². The van der Waals surface area contributed by atoms with Gasteiger partial charge in [-0.15, -0.1) is 0 Å². The Morgan fingerprint density at radius 1 is 1.20 bits per heavy atom. The molecule has 1 atom stereocenters. The highest BCUT2D eigenvalue weighted by molar-refractivity contribution is 5.82. The lowest BCUT2D eigenvalue weighted by Crippen LogP contribution is -2.45. The SMILES string of the molecule is CCC[C@H](c1ccnc2ccccc12)N1CCNCC1. The maximum absolute atomic E-state index is 4.50. The van der Waals surface area contributed by atoms with Crippen molar-refractivity contribution in [3.63, 3.8) is 0 Å². The third kappa shape index (κ3) is 2.69. The van der Waals surface area contributed by atoms with Crippen molar-refractivity contribution in [3.05, 3.63) is 42.1 Å². The number of hydrogen-bond donors (Lipinski definition) is 1. The summed E-state index contributed by atoms with van der Waals surface area (Å²) in [6.07, 6.45) is 4.39. The third-order valence-electron chi connectivity index (χ3n) is 4.20. The summed E-state index contributed by atoms with van der Waals surface area (Å²) in [4.78, 5) is 7.13. The molecule has 106 valence electrons. The summed E-state index contributed by atoms with van der Waals surface area (Å²) in [5.74, 6) is 0. The summed E-state index contributed by atoms with van der Waals surface area (Å²) in [6, 6.07) is 11.2. The predicted octanol–water partition coefficient (Wildman–Crippen LogP) is 2.98. The van der Waals surface area contributed by atoms with Crippen LogP contribution in [0, 0.1) is 0 Å². The molecule has 0 unspecified atom stereocenters. The van der Waals surface area contributed by atoms with E-state index >= 15 is 0 Å². The van der Waals surface area contributed by atoms with E-state index in [-0.39, 0.29) is 0 Å². The topological polar surface area (TPSA) is 28.2 Å². The molecule has 20 heavy (non-hydrogen) atoms. The van der Waals surface area contributed by atoms with Gasteiger partial charge in [0, 0.05) is 43.8 Å². The molecule has 1 aromatic carbocycles. The van der Waals surface area contributed by atoms with Crippen LogP contribution in [-0.2, 0) is 0 Å². The molecule has 3 heteroatoms. The zero-order chi connectivity index (χ0) is 13.8. The number of para-hydroxylation sites is 1. The molecule has 1 saturated heterocycles. The molecule has 1 aliphatic heterocycles. The van der Waals surface area contributed by atoms with Crippen LogP contribution >= 0.6 is 0 Å². The largest absolute Gasteiger partial charge is 0.314 e. The van der Waals surface area contributed by atoms with E-state index in [0.717, 1.165) is 31.7 Å². The molecule has 0 saturated carbocycles. The Labute approximate surface area is 121 Å². The smallest absolute Gasteiger partial charge is 0.0705 e. The minimum atomic E-state index is 0.523. The van der Waals surface area contributed by atoms with Crippen molar-refractivity contribution in [2.45, 2.75) is 25.8 Å². The van der Waals surface area contributed by atoms with Crippen LogP contribution in [0.25, 0.3) is 10.9 Å². The zero-order valence-corrected chi connectivity index (χ0v) is 12.2. The number of fused-ring (bicyclic) bond motifs is 1. The molecule has 0 amide bonds. The number of pyridine rings is 1. The maximum Gasteiger partial charge on any atom is 0.0705 e. The van der Waals surface area contributed by atoms with Crippen molar-refractivity contribution in [3.8, 4) is 0 Å². The van der Waals surface area contributed by atoms with Gasteiger partial charge < -0.3 is 5.32 Å². The molecule has 2 heterocycles. The normalized spacial score (nSPS) is 18.2. The lowest BCUT2D eigenvalue weighted by molar-refractivity contribution is 0.165. The molecule has 1 aliphatic rings. The fraction of sp³-hybridized carbons (Fsp3) is 0.471. The maximum atomic E-state index is 4.50. The highest BCUT2D eigenvalue weighted by atomic mass is 15.2. The van der Waals surface area contributed by atoms with Gasteiger partial charge in [-0.1, -0.05) is 31.5 Å². The van der Waals surface area contributed by atoms with Gasteiger partial charge in [0.15, 0.2) is 0 Å². The standard InChI is InChI=1S/C17H23N3/c1-2-5-17(20-12-10-18-11-13-20)15-8-9-19-16-7-4-3-6-14(15)16/h3-4,6-9,17-18H,2,5,10-13H2,1H3/t17-/m1/s1. The lowest BCUT2D eigenvalue weighted by atomic mass is 9.96. The number of nitrogens with zero attached hydrogens (tertiary/aromatic N) is 2. The van der Waals surface area contributed by atoms with Gasteiger partial charge in [-0.2, -0.15) is 0 Å². The molecule has 3 rings (SSSR count). The molecule has 1 aromatic heterocycles. The Balaban J connectivity index is 2.00. The van der Waals surface area contributed by atoms with Gasteiger partial charge in [0.05, 0.1) is 5.52 Å². The van der Waals surface area contributed by atoms with E-state index in [0.29, 0.717) is 6.04 Å². The summed E-state index contributed by atoms with van der Waals surface area (Å²) in [6.45, 7) is 6.76. The van der Waals surface area contributed by atoms with E-state index < -0.39 is 0 Å². The van der Waals surface area contributed by atoms with Crippen molar-refractivity contribution >= 4 is 10.9 Å². The first-order valence-electron chi connectivity index (χ1n) is 7.68. The van der Waals surface area contributed by atoms with Crippen molar-refractivity contribution in [1.29, 1.82) is 0 Å². The molecule has 1 fully saturated rings. The Kier molecular flexibility index (Phi) is 4.28. The molecule has 0 spiro atoms. The first-order chi connectivity index (χ1) is 9.90. The summed E-state index contributed by atoms with van der Waals surface area (Å²) in [5, 5.41) is 4.76. The van der Waals surface area contributed by atoms with Gasteiger partial charge >= 0.3 is 0 Å². The highest BCUT2D eigenvalue weighted by Crippen LogP contribution is 2.30. The minimum Gasteiger partial charge on any atom is -0.314 e. The first-order valence-corrected chi connectivity index (χ1v) is 7.68. The number of piperazine rings is 1. The van der Waals surface area contributed by atoms with Gasteiger partial charge in [-0.05, 0) is 24.1 Å². The molecule has 0 radical (unpaired) electrons. The van der Waals surface area contributed by atoms with Gasteiger partial charge in [-0.25, -0.2) is 0 Å². The van der Waals surface area contributed by atoms with E-state index in [1.807, 2.05) is 6.20 Å². The second-order valence-corrected chi connectivity index (χ2v) is 5.51. The molecule has 0 aliphatic carbocycles. The number of rotatable bonds is 4. The van der Waals surface area contributed by atoms with Crippen LogP contribution in [0.3, 0.4) is 0 Å². The van der Waals surface area contributed by atoms with Crippen LogP contribution < -0.4 is 5.32 Å². The number of benzene rings is 1. The number of hydrogen-bond acceptors (Lipinski definition) is 3. The van der Waals surface area contributed by atoms with E-state index in [4.69, 9.17) is 0 Å². The minimum absolute atomic E-state index is 0.523. The highest BCUT2D eigenvalue weighted by Gasteiger charge is 2.22. The van der Waals surface area contributed by atoms with Crippen LogP contribution in [0.5, 0.6) is 0 Å². The van der Waals surface area contributed by atoms with Crippen molar-refractivity contribution in [2.24, 2.45) is 0 Å². The predicted molar refractivity (Wildman–Crippen MR) is 83.8 cm³/mol. The average Bonchev–Trinajstić information content (AvgIpc) is 2.53. The van der Waals surface area contributed by atoms with E-state index in [1.54, 1.807) is 0 Å². The monoisotopic (exact) mass is 269 g/mol. The van der Waals surface area contributed by atoms with Crippen LogP contribution in [-0.4, -0.2) is 36.1 Å². The fourth-order valence-corrected chi connectivity index (χ4v) is 3.21. The molecular weight excluding hydrogens is 246 g/mol. The third-order valence-corrected chi connectivity index (χ3v) is 4.20. The van der Waals surface area contributed by atoms with Crippen molar-refractivity contribution in [2.75, 3.05) is 26.2 Å². The van der Waals surface area contributed by atoms with Crippen LogP contribution in [0.2, 0.25) is 0 Å². The second-order valence-electron chi connectivity index (χ2n) is 5.51. The molecule has 2 aromatic rings. The quantitative estimate of drug-likeness (QED) is 0.925. The second kappa shape index (κ2) is 6.33. The Hall–Kier alpha value is -1.45. The van der Waals surface area contributed by atoms with E-state index in [1.165, 1.54) is 23.8 Å². The summed E-state index contributed by atoms with van der Waals surface area (Å²) in [7, 11) is 0. The van der Waals surface area contributed by atoms with Gasteiger partial charge in [0.25, 0.3) is 0 Å². The van der Waals surface area contributed by atoms with Crippen LogP contribution in [0.15, 0.2) is 36.5 Å². The summed E-state index contributed by atoms with van der Waals surface area (Å²) in [5.41, 5.74) is 2.56. The number of nitrogens with one attached hydrogen (secondary N) is 1.